The van der Waals surface area contributed by atoms with Gasteiger partial charge in [-0.1, -0.05) is 19.3 Å². The number of hydrogen-bond acceptors (Lipinski definition) is 3. The highest BCUT2D eigenvalue weighted by atomic mass is 16.2. The molecule has 2 aliphatic rings. The predicted molar refractivity (Wildman–Crippen MR) is 73.7 cm³/mol. The Hall–Kier alpha value is -1.10. The van der Waals surface area contributed by atoms with Crippen molar-refractivity contribution in [2.75, 3.05) is 13.1 Å². The van der Waals surface area contributed by atoms with Gasteiger partial charge in [-0.2, -0.15) is 0 Å². The molecule has 2 rings (SSSR count). The van der Waals surface area contributed by atoms with Crippen LogP contribution in [0.4, 0.5) is 0 Å². The van der Waals surface area contributed by atoms with Crippen molar-refractivity contribution >= 4 is 11.8 Å². The van der Waals surface area contributed by atoms with Crippen LogP contribution in [0, 0.1) is 0 Å². The van der Waals surface area contributed by atoms with E-state index in [9.17, 15) is 9.59 Å². The maximum atomic E-state index is 11.9. The molecule has 0 aromatic carbocycles. The Kier molecular flexibility index (Phi) is 4.80. The molecule has 1 unspecified atom stereocenters. The van der Waals surface area contributed by atoms with Crippen LogP contribution in [0.3, 0.4) is 0 Å². The van der Waals surface area contributed by atoms with Gasteiger partial charge >= 0.3 is 0 Å². The molecule has 0 radical (unpaired) electrons. The third-order valence-electron chi connectivity index (χ3n) is 4.20. The molecule has 0 bridgehead atoms. The maximum absolute atomic E-state index is 11.9. The third-order valence-corrected chi connectivity index (χ3v) is 4.20. The topological polar surface area (TPSA) is 70.2 Å². The first-order valence-corrected chi connectivity index (χ1v) is 7.41. The van der Waals surface area contributed by atoms with Crippen LogP contribution < -0.4 is 16.0 Å². The van der Waals surface area contributed by atoms with Crippen molar-refractivity contribution in [3.63, 3.8) is 0 Å². The van der Waals surface area contributed by atoms with Crippen molar-refractivity contribution in [1.29, 1.82) is 0 Å². The molecule has 2 amide bonds. The Balaban J connectivity index is 1.70. The highest BCUT2D eigenvalue weighted by Crippen LogP contribution is 2.27. The molecular formula is C14H25N3O2. The average molecular weight is 267 g/mol. The van der Waals surface area contributed by atoms with Crippen LogP contribution in [0.15, 0.2) is 0 Å². The Bertz CT molecular complexity index is 332. The van der Waals surface area contributed by atoms with Gasteiger partial charge in [-0.05, 0) is 39.2 Å². The summed E-state index contributed by atoms with van der Waals surface area (Å²) in [5.74, 6) is -0.128. The van der Waals surface area contributed by atoms with Crippen molar-refractivity contribution < 1.29 is 9.59 Å². The number of carbonyl (C=O) groups excluding carboxylic acids is 2. The van der Waals surface area contributed by atoms with Crippen molar-refractivity contribution in [3.8, 4) is 0 Å². The fraction of sp³-hybridized carbons (Fsp3) is 0.857. The van der Waals surface area contributed by atoms with Crippen LogP contribution in [0.2, 0.25) is 0 Å². The summed E-state index contributed by atoms with van der Waals surface area (Å²) in [5, 5.41) is 8.91. The molecule has 3 N–H and O–H groups in total. The normalized spacial score (nSPS) is 25.8. The standard InChI is InChI=1S/C14H25N3O2/c1-14(7-3-2-4-8-14)17-12(18)10-16-13(19)11-6-5-9-15-11/h11,15H,2-10H2,1H3,(H,16,19)(H,17,18). The quantitative estimate of drug-likeness (QED) is 0.702. The van der Waals surface area contributed by atoms with E-state index in [1.165, 1.54) is 19.3 Å². The molecule has 5 heteroatoms. The number of nitrogens with one attached hydrogen (secondary N) is 3. The Morgan fingerprint density at radius 1 is 1.21 bits per heavy atom. The molecule has 5 nitrogen and oxygen atoms in total. The van der Waals surface area contributed by atoms with Gasteiger partial charge in [0.1, 0.15) is 0 Å². The van der Waals surface area contributed by atoms with E-state index in [1.807, 2.05) is 0 Å². The van der Waals surface area contributed by atoms with Gasteiger partial charge < -0.3 is 16.0 Å². The SMILES string of the molecule is CC1(NC(=O)CNC(=O)C2CCCN2)CCCCC1. The van der Waals surface area contributed by atoms with E-state index in [1.54, 1.807) is 0 Å². The van der Waals surface area contributed by atoms with Crippen molar-refractivity contribution in [2.45, 2.75) is 63.5 Å². The van der Waals surface area contributed by atoms with Crippen LogP contribution >= 0.6 is 0 Å². The van der Waals surface area contributed by atoms with Crippen molar-refractivity contribution in [3.05, 3.63) is 0 Å². The molecule has 108 valence electrons. The van der Waals surface area contributed by atoms with Gasteiger partial charge in [-0.25, -0.2) is 0 Å². The minimum atomic E-state index is -0.113. The zero-order valence-electron chi connectivity index (χ0n) is 11.8. The molecule has 0 aromatic rings. The monoisotopic (exact) mass is 267 g/mol. The summed E-state index contributed by atoms with van der Waals surface area (Å²) in [5.41, 5.74) is -0.0777. The summed E-state index contributed by atoms with van der Waals surface area (Å²) < 4.78 is 0. The molecule has 1 aliphatic heterocycles. The van der Waals surface area contributed by atoms with Crippen LogP contribution in [0.5, 0.6) is 0 Å². The van der Waals surface area contributed by atoms with Gasteiger partial charge in [-0.3, -0.25) is 9.59 Å². The second-order valence-corrected chi connectivity index (χ2v) is 6.04. The van der Waals surface area contributed by atoms with Gasteiger partial charge in [0, 0.05) is 5.54 Å². The van der Waals surface area contributed by atoms with Gasteiger partial charge in [0.2, 0.25) is 11.8 Å². The van der Waals surface area contributed by atoms with Gasteiger partial charge in [0.25, 0.3) is 0 Å². The first-order chi connectivity index (χ1) is 9.09. The van der Waals surface area contributed by atoms with Crippen LogP contribution in [-0.4, -0.2) is 36.5 Å². The lowest BCUT2D eigenvalue weighted by molar-refractivity contribution is -0.128. The summed E-state index contributed by atoms with van der Waals surface area (Å²) >= 11 is 0. The molecule has 1 saturated carbocycles. The second kappa shape index (κ2) is 6.37. The lowest BCUT2D eigenvalue weighted by Crippen LogP contribution is -2.51. The zero-order chi connectivity index (χ0) is 13.7. The molecule has 1 saturated heterocycles. The van der Waals surface area contributed by atoms with E-state index in [0.717, 1.165) is 32.2 Å². The van der Waals surface area contributed by atoms with E-state index in [0.29, 0.717) is 0 Å². The molecule has 19 heavy (non-hydrogen) atoms. The minimum absolute atomic E-state index is 0.0542. The zero-order valence-corrected chi connectivity index (χ0v) is 11.8. The molecule has 2 fully saturated rings. The lowest BCUT2D eigenvalue weighted by Gasteiger charge is -2.34. The van der Waals surface area contributed by atoms with E-state index < -0.39 is 0 Å². The summed E-state index contributed by atoms with van der Waals surface area (Å²) in [6.45, 7) is 3.08. The molecule has 1 aliphatic carbocycles. The second-order valence-electron chi connectivity index (χ2n) is 6.04. The fourth-order valence-electron chi connectivity index (χ4n) is 3.04. The molecule has 1 heterocycles. The maximum Gasteiger partial charge on any atom is 0.239 e. The van der Waals surface area contributed by atoms with Gasteiger partial charge in [0.15, 0.2) is 0 Å². The Labute approximate surface area is 114 Å². The summed E-state index contributed by atoms with van der Waals surface area (Å²) in [6.07, 6.45) is 7.58. The highest BCUT2D eigenvalue weighted by molar-refractivity contribution is 5.87. The van der Waals surface area contributed by atoms with Crippen LogP contribution in [-0.2, 0) is 9.59 Å². The number of carbonyl (C=O) groups is 2. The number of amides is 2. The lowest BCUT2D eigenvalue weighted by atomic mass is 9.83. The Morgan fingerprint density at radius 2 is 1.95 bits per heavy atom. The summed E-state index contributed by atoms with van der Waals surface area (Å²) in [6, 6.07) is -0.113. The van der Waals surface area contributed by atoms with Gasteiger partial charge in [0.05, 0.1) is 12.6 Å². The van der Waals surface area contributed by atoms with Crippen LogP contribution in [0.25, 0.3) is 0 Å². The van der Waals surface area contributed by atoms with Gasteiger partial charge in [-0.15, -0.1) is 0 Å². The smallest absolute Gasteiger partial charge is 0.239 e. The minimum Gasteiger partial charge on any atom is -0.349 e. The highest BCUT2D eigenvalue weighted by Gasteiger charge is 2.28. The van der Waals surface area contributed by atoms with E-state index in [-0.39, 0.29) is 29.9 Å². The van der Waals surface area contributed by atoms with E-state index in [2.05, 4.69) is 22.9 Å². The largest absolute Gasteiger partial charge is 0.349 e. The molecular weight excluding hydrogens is 242 g/mol. The number of rotatable bonds is 4. The van der Waals surface area contributed by atoms with E-state index in [4.69, 9.17) is 0 Å². The summed E-state index contributed by atoms with van der Waals surface area (Å²) in [4.78, 5) is 23.7. The first kappa shape index (κ1) is 14.3. The number of hydrogen-bond donors (Lipinski definition) is 3. The predicted octanol–water partition coefficient (Wildman–Crippen LogP) is 0.694. The molecule has 0 aromatic heterocycles. The van der Waals surface area contributed by atoms with E-state index >= 15 is 0 Å². The van der Waals surface area contributed by atoms with Crippen molar-refractivity contribution in [1.82, 2.24) is 16.0 Å². The van der Waals surface area contributed by atoms with Crippen molar-refractivity contribution in [2.24, 2.45) is 0 Å². The van der Waals surface area contributed by atoms with Crippen LogP contribution in [0.1, 0.15) is 51.9 Å². The Morgan fingerprint density at radius 3 is 2.58 bits per heavy atom. The first-order valence-electron chi connectivity index (χ1n) is 7.41. The molecule has 0 spiro atoms. The average Bonchev–Trinajstić information content (AvgIpc) is 2.90. The third kappa shape index (κ3) is 4.20. The summed E-state index contributed by atoms with van der Waals surface area (Å²) in [7, 11) is 0. The molecule has 1 atom stereocenters. The fourth-order valence-corrected chi connectivity index (χ4v) is 3.04.